The maximum absolute atomic E-state index is 5.08. The summed E-state index contributed by atoms with van der Waals surface area (Å²) in [5.41, 5.74) is 0.982. The molecule has 0 bridgehead atoms. The minimum Gasteiger partial charge on any atom is -0.480 e. The van der Waals surface area contributed by atoms with E-state index in [0.29, 0.717) is 17.8 Å². The van der Waals surface area contributed by atoms with Crippen LogP contribution in [0.25, 0.3) is 0 Å². The quantitative estimate of drug-likeness (QED) is 0.788. The highest BCUT2D eigenvalue weighted by molar-refractivity contribution is 5.09. The van der Waals surface area contributed by atoms with Gasteiger partial charge in [-0.05, 0) is 18.9 Å². The first-order chi connectivity index (χ1) is 8.15. The van der Waals surface area contributed by atoms with Crippen molar-refractivity contribution in [3.05, 3.63) is 18.1 Å². The van der Waals surface area contributed by atoms with Crippen LogP contribution in [0.5, 0.6) is 5.88 Å². The molecule has 0 saturated heterocycles. The number of nitrogens with one attached hydrogen (secondary N) is 1. The SMILES string of the molecule is CCNC(Cc1cncc(OC)n1)CC(C)C. The van der Waals surface area contributed by atoms with Crippen LogP contribution in [-0.4, -0.2) is 29.7 Å². The van der Waals surface area contributed by atoms with Crippen LogP contribution < -0.4 is 10.1 Å². The van der Waals surface area contributed by atoms with Gasteiger partial charge in [0.1, 0.15) is 0 Å². The summed E-state index contributed by atoms with van der Waals surface area (Å²) in [7, 11) is 1.61. The van der Waals surface area contributed by atoms with Crippen molar-refractivity contribution in [2.75, 3.05) is 13.7 Å². The summed E-state index contributed by atoms with van der Waals surface area (Å²) < 4.78 is 5.08. The molecule has 1 N–H and O–H groups in total. The zero-order valence-corrected chi connectivity index (χ0v) is 11.2. The molecule has 0 aliphatic carbocycles. The summed E-state index contributed by atoms with van der Waals surface area (Å²) in [5.74, 6) is 1.26. The number of hydrogen-bond donors (Lipinski definition) is 1. The van der Waals surface area contributed by atoms with Crippen LogP contribution in [0.4, 0.5) is 0 Å². The summed E-state index contributed by atoms with van der Waals surface area (Å²) in [6.07, 6.45) is 5.49. The van der Waals surface area contributed by atoms with Gasteiger partial charge in [0.2, 0.25) is 5.88 Å². The molecule has 0 aliphatic heterocycles. The predicted octanol–water partition coefficient (Wildman–Crippen LogP) is 2.05. The minimum atomic E-state index is 0.460. The minimum absolute atomic E-state index is 0.460. The first-order valence-corrected chi connectivity index (χ1v) is 6.24. The van der Waals surface area contributed by atoms with Crippen LogP contribution in [-0.2, 0) is 6.42 Å². The van der Waals surface area contributed by atoms with E-state index in [1.54, 1.807) is 13.3 Å². The Morgan fingerprint density at radius 1 is 1.35 bits per heavy atom. The Bertz CT molecular complexity index is 328. The van der Waals surface area contributed by atoms with Crippen LogP contribution in [0.2, 0.25) is 0 Å². The van der Waals surface area contributed by atoms with Gasteiger partial charge < -0.3 is 10.1 Å². The van der Waals surface area contributed by atoms with Gasteiger partial charge in [0.15, 0.2) is 0 Å². The Kier molecular flexibility index (Phi) is 5.91. The largest absolute Gasteiger partial charge is 0.480 e. The Morgan fingerprint density at radius 3 is 2.71 bits per heavy atom. The van der Waals surface area contributed by atoms with E-state index < -0.39 is 0 Å². The molecule has 1 unspecified atom stereocenters. The molecule has 4 heteroatoms. The molecule has 0 fully saturated rings. The highest BCUT2D eigenvalue weighted by Gasteiger charge is 2.12. The summed E-state index contributed by atoms with van der Waals surface area (Å²) >= 11 is 0. The van der Waals surface area contributed by atoms with E-state index in [1.807, 2.05) is 6.20 Å². The number of likely N-dealkylation sites (N-methyl/N-ethyl adjacent to an activating group) is 1. The average molecular weight is 237 g/mol. The van der Waals surface area contributed by atoms with Crippen molar-refractivity contribution in [2.24, 2.45) is 5.92 Å². The normalized spacial score (nSPS) is 12.8. The molecule has 17 heavy (non-hydrogen) atoms. The second kappa shape index (κ2) is 7.22. The molecule has 1 heterocycles. The van der Waals surface area contributed by atoms with Gasteiger partial charge in [-0.25, -0.2) is 4.98 Å². The Morgan fingerprint density at radius 2 is 2.12 bits per heavy atom. The third-order valence-electron chi connectivity index (χ3n) is 2.58. The summed E-state index contributed by atoms with van der Waals surface area (Å²) in [6.45, 7) is 7.59. The Labute approximate surface area is 104 Å². The van der Waals surface area contributed by atoms with E-state index in [4.69, 9.17) is 4.74 Å². The smallest absolute Gasteiger partial charge is 0.232 e. The lowest BCUT2D eigenvalue weighted by molar-refractivity contribution is 0.388. The number of hydrogen-bond acceptors (Lipinski definition) is 4. The lowest BCUT2D eigenvalue weighted by atomic mass is 10.00. The maximum atomic E-state index is 5.08. The molecule has 96 valence electrons. The molecule has 1 atom stereocenters. The fourth-order valence-electron chi connectivity index (χ4n) is 1.93. The molecule has 0 aromatic carbocycles. The maximum Gasteiger partial charge on any atom is 0.232 e. The first-order valence-electron chi connectivity index (χ1n) is 6.24. The first kappa shape index (κ1) is 13.9. The number of nitrogens with zero attached hydrogens (tertiary/aromatic N) is 2. The zero-order chi connectivity index (χ0) is 12.7. The van der Waals surface area contributed by atoms with E-state index in [2.05, 4.69) is 36.1 Å². The number of aromatic nitrogens is 2. The van der Waals surface area contributed by atoms with Crippen molar-refractivity contribution in [1.82, 2.24) is 15.3 Å². The van der Waals surface area contributed by atoms with Gasteiger partial charge in [0, 0.05) is 18.7 Å². The van der Waals surface area contributed by atoms with E-state index >= 15 is 0 Å². The molecular formula is C13H23N3O. The molecule has 4 nitrogen and oxygen atoms in total. The molecule has 0 aliphatic rings. The topological polar surface area (TPSA) is 47.0 Å². The predicted molar refractivity (Wildman–Crippen MR) is 69.2 cm³/mol. The van der Waals surface area contributed by atoms with E-state index in [0.717, 1.165) is 25.1 Å². The van der Waals surface area contributed by atoms with Crippen molar-refractivity contribution >= 4 is 0 Å². The van der Waals surface area contributed by atoms with Gasteiger partial charge in [0.05, 0.1) is 19.0 Å². The summed E-state index contributed by atoms with van der Waals surface area (Å²) in [6, 6.07) is 0.460. The summed E-state index contributed by atoms with van der Waals surface area (Å²) in [4.78, 5) is 8.53. The molecule has 1 rings (SSSR count). The average Bonchev–Trinajstić information content (AvgIpc) is 2.29. The van der Waals surface area contributed by atoms with Gasteiger partial charge in [-0.3, -0.25) is 4.98 Å². The van der Waals surface area contributed by atoms with Gasteiger partial charge in [-0.1, -0.05) is 20.8 Å². The third-order valence-corrected chi connectivity index (χ3v) is 2.58. The van der Waals surface area contributed by atoms with Crippen LogP contribution >= 0.6 is 0 Å². The standard InChI is InChI=1S/C13H23N3O/c1-5-15-11(6-10(2)3)7-12-8-14-9-13(16-12)17-4/h8-11,15H,5-7H2,1-4H3. The highest BCUT2D eigenvalue weighted by Crippen LogP contribution is 2.11. The number of methoxy groups -OCH3 is 1. The van der Waals surface area contributed by atoms with Gasteiger partial charge >= 0.3 is 0 Å². The van der Waals surface area contributed by atoms with Gasteiger partial charge in [0.25, 0.3) is 0 Å². The molecular weight excluding hydrogens is 214 g/mol. The van der Waals surface area contributed by atoms with Crippen molar-refractivity contribution in [1.29, 1.82) is 0 Å². The van der Waals surface area contributed by atoms with Gasteiger partial charge in [-0.2, -0.15) is 0 Å². The Hall–Kier alpha value is -1.16. The van der Waals surface area contributed by atoms with Gasteiger partial charge in [-0.15, -0.1) is 0 Å². The lowest BCUT2D eigenvalue weighted by Gasteiger charge is -2.19. The van der Waals surface area contributed by atoms with Crippen LogP contribution in [0.15, 0.2) is 12.4 Å². The van der Waals surface area contributed by atoms with Crippen LogP contribution in [0.3, 0.4) is 0 Å². The third kappa shape index (κ3) is 5.13. The number of ether oxygens (including phenoxy) is 1. The highest BCUT2D eigenvalue weighted by atomic mass is 16.5. The molecule has 0 saturated carbocycles. The summed E-state index contributed by atoms with van der Waals surface area (Å²) in [5, 5.41) is 3.49. The van der Waals surface area contributed by atoms with Crippen LogP contribution in [0, 0.1) is 5.92 Å². The molecule has 0 radical (unpaired) electrons. The zero-order valence-electron chi connectivity index (χ0n) is 11.2. The van der Waals surface area contributed by atoms with Crippen molar-refractivity contribution in [3.63, 3.8) is 0 Å². The van der Waals surface area contributed by atoms with E-state index in [1.165, 1.54) is 0 Å². The molecule has 1 aromatic heterocycles. The van der Waals surface area contributed by atoms with Crippen molar-refractivity contribution < 1.29 is 4.74 Å². The Balaban J connectivity index is 2.64. The van der Waals surface area contributed by atoms with Crippen molar-refractivity contribution in [2.45, 2.75) is 39.7 Å². The monoisotopic (exact) mass is 237 g/mol. The fourth-order valence-corrected chi connectivity index (χ4v) is 1.93. The second-order valence-electron chi connectivity index (χ2n) is 4.64. The number of rotatable bonds is 7. The molecule has 1 aromatic rings. The second-order valence-corrected chi connectivity index (χ2v) is 4.64. The lowest BCUT2D eigenvalue weighted by Crippen LogP contribution is -2.32. The van der Waals surface area contributed by atoms with E-state index in [-0.39, 0.29) is 0 Å². The molecule has 0 spiro atoms. The molecule has 0 amide bonds. The van der Waals surface area contributed by atoms with Crippen LogP contribution in [0.1, 0.15) is 32.9 Å². The fraction of sp³-hybridized carbons (Fsp3) is 0.692. The van der Waals surface area contributed by atoms with Crippen molar-refractivity contribution in [3.8, 4) is 5.88 Å². The van der Waals surface area contributed by atoms with E-state index in [9.17, 15) is 0 Å².